The van der Waals surface area contributed by atoms with E-state index in [-0.39, 0.29) is 6.04 Å². The van der Waals surface area contributed by atoms with Crippen molar-refractivity contribution in [1.29, 1.82) is 0 Å². The molecule has 1 atom stereocenters. The Labute approximate surface area is 115 Å². The number of methoxy groups -OCH3 is 1. The van der Waals surface area contributed by atoms with E-state index < -0.39 is 0 Å². The molecule has 0 fully saturated rings. The van der Waals surface area contributed by atoms with Crippen molar-refractivity contribution in [2.45, 2.75) is 19.5 Å². The van der Waals surface area contributed by atoms with Crippen LogP contribution in [0.1, 0.15) is 24.2 Å². The number of rotatable bonds is 4. The van der Waals surface area contributed by atoms with Gasteiger partial charge in [-0.05, 0) is 28.9 Å². The van der Waals surface area contributed by atoms with Gasteiger partial charge in [-0.25, -0.2) is 0 Å². The predicted octanol–water partition coefficient (Wildman–Crippen LogP) is 2.72. The molecule has 4 nitrogen and oxygen atoms in total. The van der Waals surface area contributed by atoms with Gasteiger partial charge in [0.05, 0.1) is 29.5 Å². The van der Waals surface area contributed by atoms with E-state index in [0.29, 0.717) is 0 Å². The summed E-state index contributed by atoms with van der Waals surface area (Å²) >= 11 is 3.50. The van der Waals surface area contributed by atoms with Crippen molar-refractivity contribution in [2.75, 3.05) is 7.11 Å². The van der Waals surface area contributed by atoms with E-state index in [9.17, 15) is 0 Å². The molecule has 0 aliphatic carbocycles. The fraction of sp³-hybridized carbons (Fsp3) is 0.308. The van der Waals surface area contributed by atoms with Crippen LogP contribution in [0.3, 0.4) is 0 Å². The molecule has 0 amide bonds. The zero-order chi connectivity index (χ0) is 13.1. The molecule has 18 heavy (non-hydrogen) atoms. The molecule has 1 aromatic heterocycles. The second-order valence-electron chi connectivity index (χ2n) is 3.91. The minimum Gasteiger partial charge on any atom is -0.496 e. The third-order valence-corrected chi connectivity index (χ3v) is 3.51. The molecule has 0 aliphatic heterocycles. The average molecular weight is 310 g/mol. The molecule has 5 heteroatoms. The average Bonchev–Trinajstić information content (AvgIpc) is 2.79. The van der Waals surface area contributed by atoms with Gasteiger partial charge in [0, 0.05) is 12.1 Å². The second-order valence-corrected chi connectivity index (χ2v) is 4.77. The highest BCUT2D eigenvalue weighted by Gasteiger charge is 2.20. The summed E-state index contributed by atoms with van der Waals surface area (Å²) in [5.74, 6) is 0.792. The number of ether oxygens (including phenoxy) is 1. The number of aromatic nitrogens is 2. The molecule has 0 saturated carbocycles. The zero-order valence-electron chi connectivity index (χ0n) is 10.4. The first-order valence-electron chi connectivity index (χ1n) is 5.78. The number of nitrogens with zero attached hydrogens (tertiary/aromatic N) is 2. The van der Waals surface area contributed by atoms with Gasteiger partial charge < -0.3 is 10.5 Å². The SMILES string of the molecule is CCn1ncc(Br)c1C(N)c1ccccc1OC. The Morgan fingerprint density at radius 3 is 2.83 bits per heavy atom. The molecule has 0 aliphatic rings. The number of para-hydroxylation sites is 1. The number of benzene rings is 1. The second kappa shape index (κ2) is 5.54. The number of nitrogens with two attached hydrogens (primary N) is 1. The molecule has 0 saturated heterocycles. The minimum absolute atomic E-state index is 0.266. The van der Waals surface area contributed by atoms with Crippen LogP contribution in [-0.4, -0.2) is 16.9 Å². The summed E-state index contributed by atoms with van der Waals surface area (Å²) in [7, 11) is 1.65. The van der Waals surface area contributed by atoms with E-state index >= 15 is 0 Å². The highest BCUT2D eigenvalue weighted by Crippen LogP contribution is 2.31. The Balaban J connectivity index is 2.47. The van der Waals surface area contributed by atoms with Gasteiger partial charge in [-0.1, -0.05) is 18.2 Å². The third kappa shape index (κ3) is 2.28. The van der Waals surface area contributed by atoms with Gasteiger partial charge in [0.25, 0.3) is 0 Å². The molecule has 1 heterocycles. The molecule has 1 aromatic carbocycles. The Morgan fingerprint density at radius 2 is 2.17 bits per heavy atom. The molecule has 2 rings (SSSR count). The summed E-state index contributed by atoms with van der Waals surface area (Å²) < 4.78 is 8.16. The molecular weight excluding hydrogens is 294 g/mol. The monoisotopic (exact) mass is 309 g/mol. The van der Waals surface area contributed by atoms with E-state index in [0.717, 1.165) is 28.0 Å². The molecule has 2 aromatic rings. The lowest BCUT2D eigenvalue weighted by Gasteiger charge is -2.17. The summed E-state index contributed by atoms with van der Waals surface area (Å²) in [5.41, 5.74) is 8.26. The van der Waals surface area contributed by atoms with Crippen LogP contribution in [-0.2, 0) is 6.54 Å². The Kier molecular flexibility index (Phi) is 4.04. The van der Waals surface area contributed by atoms with E-state index in [1.54, 1.807) is 13.3 Å². The Bertz CT molecular complexity index is 539. The fourth-order valence-electron chi connectivity index (χ4n) is 2.00. The highest BCUT2D eigenvalue weighted by molar-refractivity contribution is 9.10. The first-order chi connectivity index (χ1) is 8.69. The summed E-state index contributed by atoms with van der Waals surface area (Å²) in [6.07, 6.45) is 1.77. The molecule has 0 spiro atoms. The Morgan fingerprint density at radius 1 is 1.44 bits per heavy atom. The van der Waals surface area contributed by atoms with E-state index in [2.05, 4.69) is 21.0 Å². The largest absolute Gasteiger partial charge is 0.496 e. The maximum absolute atomic E-state index is 6.34. The number of halogens is 1. The molecule has 0 radical (unpaired) electrons. The molecule has 2 N–H and O–H groups in total. The van der Waals surface area contributed by atoms with Gasteiger partial charge >= 0.3 is 0 Å². The van der Waals surface area contributed by atoms with Crippen molar-refractivity contribution in [3.63, 3.8) is 0 Å². The predicted molar refractivity (Wildman–Crippen MR) is 74.6 cm³/mol. The van der Waals surface area contributed by atoms with Gasteiger partial charge in [0.15, 0.2) is 0 Å². The van der Waals surface area contributed by atoms with Gasteiger partial charge in [-0.3, -0.25) is 4.68 Å². The number of aryl methyl sites for hydroxylation is 1. The maximum atomic E-state index is 6.34. The van der Waals surface area contributed by atoms with Crippen LogP contribution in [0.25, 0.3) is 0 Å². The van der Waals surface area contributed by atoms with Crippen LogP contribution in [0.2, 0.25) is 0 Å². The lowest BCUT2D eigenvalue weighted by Crippen LogP contribution is -2.18. The number of hydrogen-bond donors (Lipinski definition) is 1. The van der Waals surface area contributed by atoms with Crippen molar-refractivity contribution in [3.8, 4) is 5.75 Å². The van der Waals surface area contributed by atoms with Gasteiger partial charge in [0.1, 0.15) is 5.75 Å². The normalized spacial score (nSPS) is 12.4. The zero-order valence-corrected chi connectivity index (χ0v) is 12.0. The molecule has 96 valence electrons. The molecular formula is C13H16BrN3O. The minimum atomic E-state index is -0.266. The van der Waals surface area contributed by atoms with Gasteiger partial charge in [-0.2, -0.15) is 5.10 Å². The van der Waals surface area contributed by atoms with Crippen molar-refractivity contribution in [2.24, 2.45) is 5.73 Å². The van der Waals surface area contributed by atoms with E-state index in [1.165, 1.54) is 0 Å². The molecule has 0 bridgehead atoms. The Hall–Kier alpha value is -1.33. The smallest absolute Gasteiger partial charge is 0.124 e. The first-order valence-corrected chi connectivity index (χ1v) is 6.58. The lowest BCUT2D eigenvalue weighted by atomic mass is 10.0. The van der Waals surface area contributed by atoms with E-state index in [1.807, 2.05) is 35.9 Å². The quantitative estimate of drug-likeness (QED) is 0.944. The van der Waals surface area contributed by atoms with E-state index in [4.69, 9.17) is 10.5 Å². The van der Waals surface area contributed by atoms with Gasteiger partial charge in [-0.15, -0.1) is 0 Å². The van der Waals surface area contributed by atoms with Crippen LogP contribution in [0.5, 0.6) is 5.75 Å². The lowest BCUT2D eigenvalue weighted by molar-refractivity contribution is 0.406. The van der Waals surface area contributed by atoms with Crippen molar-refractivity contribution >= 4 is 15.9 Å². The first kappa shape index (κ1) is 13.1. The van der Waals surface area contributed by atoms with Crippen LogP contribution in [0.4, 0.5) is 0 Å². The summed E-state index contributed by atoms with van der Waals surface area (Å²) in [6, 6.07) is 7.51. The van der Waals surface area contributed by atoms with Crippen LogP contribution < -0.4 is 10.5 Å². The molecule has 1 unspecified atom stereocenters. The summed E-state index contributed by atoms with van der Waals surface area (Å²) in [6.45, 7) is 2.82. The van der Waals surface area contributed by atoms with Crippen LogP contribution in [0.15, 0.2) is 34.9 Å². The highest BCUT2D eigenvalue weighted by atomic mass is 79.9. The van der Waals surface area contributed by atoms with Crippen LogP contribution in [0, 0.1) is 0 Å². The maximum Gasteiger partial charge on any atom is 0.124 e. The standard InChI is InChI=1S/C13H16BrN3O/c1-3-17-13(10(14)8-16-17)12(15)9-6-4-5-7-11(9)18-2/h4-8,12H,3,15H2,1-2H3. The summed E-state index contributed by atoms with van der Waals surface area (Å²) in [5, 5.41) is 4.29. The van der Waals surface area contributed by atoms with Crippen LogP contribution >= 0.6 is 15.9 Å². The van der Waals surface area contributed by atoms with Crippen molar-refractivity contribution in [1.82, 2.24) is 9.78 Å². The fourth-order valence-corrected chi connectivity index (χ4v) is 2.55. The van der Waals surface area contributed by atoms with Crippen molar-refractivity contribution in [3.05, 3.63) is 46.2 Å². The third-order valence-electron chi connectivity index (χ3n) is 2.90. The number of hydrogen-bond acceptors (Lipinski definition) is 3. The van der Waals surface area contributed by atoms with Gasteiger partial charge in [0.2, 0.25) is 0 Å². The topological polar surface area (TPSA) is 53.1 Å². The summed E-state index contributed by atoms with van der Waals surface area (Å²) in [4.78, 5) is 0. The van der Waals surface area contributed by atoms with Crippen molar-refractivity contribution < 1.29 is 4.74 Å².